The van der Waals surface area contributed by atoms with E-state index in [4.69, 9.17) is 22.1 Å². The van der Waals surface area contributed by atoms with Gasteiger partial charge in [-0.1, -0.05) is 24.6 Å². The van der Waals surface area contributed by atoms with Gasteiger partial charge in [-0.25, -0.2) is 4.68 Å². The molecule has 0 bridgehead atoms. The monoisotopic (exact) mass is 279 g/mol. The third-order valence-corrected chi connectivity index (χ3v) is 3.23. The zero-order valence-electron chi connectivity index (χ0n) is 11.2. The number of benzene rings is 1. The Morgan fingerprint density at radius 1 is 1.42 bits per heavy atom. The number of hydrogen-bond donors (Lipinski definition) is 1. The molecule has 19 heavy (non-hydrogen) atoms. The van der Waals surface area contributed by atoms with Gasteiger partial charge < -0.3 is 10.5 Å². The zero-order chi connectivity index (χ0) is 13.8. The van der Waals surface area contributed by atoms with Gasteiger partial charge in [-0.05, 0) is 37.6 Å². The standard InChI is InChI=1S/C14H18ClN3O/c1-3-13-12(7-8-16)14(19-2)18(17-13)11-6-4-5-10(15)9-11/h4-6,9H,3,7-8,16H2,1-2H3. The minimum absolute atomic E-state index is 0.574. The molecule has 0 aliphatic heterocycles. The fourth-order valence-corrected chi connectivity index (χ4v) is 2.33. The van der Waals surface area contributed by atoms with Gasteiger partial charge in [0.2, 0.25) is 5.88 Å². The minimum atomic E-state index is 0.574. The summed E-state index contributed by atoms with van der Waals surface area (Å²) in [5.41, 5.74) is 8.65. The number of aryl methyl sites for hydroxylation is 1. The van der Waals surface area contributed by atoms with E-state index in [2.05, 4.69) is 12.0 Å². The van der Waals surface area contributed by atoms with Crippen molar-refractivity contribution < 1.29 is 4.74 Å². The number of halogens is 1. The van der Waals surface area contributed by atoms with E-state index in [-0.39, 0.29) is 0 Å². The van der Waals surface area contributed by atoms with Gasteiger partial charge in [0.15, 0.2) is 0 Å². The third kappa shape index (κ3) is 2.74. The highest BCUT2D eigenvalue weighted by molar-refractivity contribution is 6.30. The van der Waals surface area contributed by atoms with E-state index in [1.165, 1.54) is 0 Å². The van der Waals surface area contributed by atoms with Gasteiger partial charge in [-0.3, -0.25) is 0 Å². The minimum Gasteiger partial charge on any atom is -0.481 e. The average molecular weight is 280 g/mol. The molecule has 2 rings (SSSR count). The molecule has 1 aromatic heterocycles. The van der Waals surface area contributed by atoms with Gasteiger partial charge in [0.05, 0.1) is 18.5 Å². The van der Waals surface area contributed by atoms with E-state index in [1.807, 2.05) is 24.3 Å². The molecule has 4 nitrogen and oxygen atoms in total. The van der Waals surface area contributed by atoms with Crippen LogP contribution < -0.4 is 10.5 Å². The lowest BCUT2D eigenvalue weighted by Crippen LogP contribution is -2.05. The molecule has 1 aromatic carbocycles. The van der Waals surface area contributed by atoms with Gasteiger partial charge in [0.1, 0.15) is 0 Å². The van der Waals surface area contributed by atoms with Gasteiger partial charge in [0, 0.05) is 10.6 Å². The highest BCUT2D eigenvalue weighted by Crippen LogP contribution is 2.27. The molecule has 0 spiro atoms. The Balaban J connectivity index is 2.56. The van der Waals surface area contributed by atoms with Crippen LogP contribution in [0.3, 0.4) is 0 Å². The third-order valence-electron chi connectivity index (χ3n) is 2.99. The van der Waals surface area contributed by atoms with Gasteiger partial charge >= 0.3 is 0 Å². The maximum Gasteiger partial charge on any atom is 0.219 e. The molecule has 1 heterocycles. The van der Waals surface area contributed by atoms with E-state index in [0.29, 0.717) is 11.6 Å². The van der Waals surface area contributed by atoms with Crippen LogP contribution in [0.4, 0.5) is 0 Å². The molecule has 0 aliphatic carbocycles. The van der Waals surface area contributed by atoms with Crippen molar-refractivity contribution in [1.82, 2.24) is 9.78 Å². The molecule has 0 atom stereocenters. The lowest BCUT2D eigenvalue weighted by atomic mass is 10.1. The SMILES string of the molecule is CCc1nn(-c2cccc(Cl)c2)c(OC)c1CCN. The molecule has 0 unspecified atom stereocenters. The molecule has 0 aliphatic rings. The molecule has 102 valence electrons. The zero-order valence-corrected chi connectivity index (χ0v) is 11.9. The summed E-state index contributed by atoms with van der Waals surface area (Å²) in [6, 6.07) is 7.55. The van der Waals surface area contributed by atoms with Crippen LogP contribution in [0.1, 0.15) is 18.2 Å². The van der Waals surface area contributed by atoms with Crippen LogP contribution >= 0.6 is 11.6 Å². The molecule has 0 saturated heterocycles. The Morgan fingerprint density at radius 2 is 2.21 bits per heavy atom. The maximum absolute atomic E-state index is 6.03. The summed E-state index contributed by atoms with van der Waals surface area (Å²) in [6.07, 6.45) is 1.60. The summed E-state index contributed by atoms with van der Waals surface area (Å²) >= 11 is 6.03. The predicted molar refractivity (Wildman–Crippen MR) is 77.3 cm³/mol. The Kier molecular flexibility index (Phi) is 4.45. The maximum atomic E-state index is 6.03. The highest BCUT2D eigenvalue weighted by atomic mass is 35.5. The first kappa shape index (κ1) is 13.9. The van der Waals surface area contributed by atoms with E-state index in [9.17, 15) is 0 Å². The smallest absolute Gasteiger partial charge is 0.219 e. The van der Waals surface area contributed by atoms with Crippen molar-refractivity contribution in [2.45, 2.75) is 19.8 Å². The van der Waals surface area contributed by atoms with Crippen LogP contribution in [-0.4, -0.2) is 23.4 Å². The molecule has 5 heteroatoms. The van der Waals surface area contributed by atoms with E-state index in [1.54, 1.807) is 11.8 Å². The summed E-state index contributed by atoms with van der Waals surface area (Å²) in [6.45, 7) is 2.65. The second-order valence-corrected chi connectivity index (χ2v) is 4.65. The Labute approximate surface area is 118 Å². The van der Waals surface area contributed by atoms with Crippen molar-refractivity contribution in [3.05, 3.63) is 40.5 Å². The second-order valence-electron chi connectivity index (χ2n) is 4.22. The number of nitrogens with two attached hydrogens (primary N) is 1. The van der Waals surface area contributed by atoms with E-state index < -0.39 is 0 Å². The fourth-order valence-electron chi connectivity index (χ4n) is 2.15. The van der Waals surface area contributed by atoms with Crippen LogP contribution in [-0.2, 0) is 12.8 Å². The summed E-state index contributed by atoms with van der Waals surface area (Å²) in [5, 5.41) is 5.28. The Bertz CT molecular complexity index is 566. The van der Waals surface area contributed by atoms with Crippen LogP contribution in [0, 0.1) is 0 Å². The molecule has 0 saturated carbocycles. The molecular weight excluding hydrogens is 262 g/mol. The molecule has 0 radical (unpaired) electrons. The van der Waals surface area contributed by atoms with Gasteiger partial charge in [0.25, 0.3) is 0 Å². The first-order valence-electron chi connectivity index (χ1n) is 6.32. The summed E-state index contributed by atoms with van der Waals surface area (Å²) in [5.74, 6) is 0.740. The number of methoxy groups -OCH3 is 1. The summed E-state index contributed by atoms with van der Waals surface area (Å²) < 4.78 is 7.30. The highest BCUT2D eigenvalue weighted by Gasteiger charge is 2.18. The van der Waals surface area contributed by atoms with Gasteiger partial charge in [-0.2, -0.15) is 5.10 Å². The normalized spacial score (nSPS) is 10.7. The van der Waals surface area contributed by atoms with Crippen molar-refractivity contribution in [2.24, 2.45) is 5.73 Å². The molecule has 2 aromatic rings. The van der Waals surface area contributed by atoms with Crippen LogP contribution in [0.2, 0.25) is 5.02 Å². The number of rotatable bonds is 5. The van der Waals surface area contributed by atoms with Crippen molar-refractivity contribution in [3.63, 3.8) is 0 Å². The largest absolute Gasteiger partial charge is 0.481 e. The van der Waals surface area contributed by atoms with E-state index >= 15 is 0 Å². The fraction of sp³-hybridized carbons (Fsp3) is 0.357. The van der Waals surface area contributed by atoms with Crippen molar-refractivity contribution in [2.75, 3.05) is 13.7 Å². The Morgan fingerprint density at radius 3 is 2.79 bits per heavy atom. The lowest BCUT2D eigenvalue weighted by Gasteiger charge is -2.08. The first-order chi connectivity index (χ1) is 9.21. The second kappa shape index (κ2) is 6.08. The number of nitrogens with zero attached hydrogens (tertiary/aromatic N) is 2. The van der Waals surface area contributed by atoms with Crippen LogP contribution in [0.15, 0.2) is 24.3 Å². The van der Waals surface area contributed by atoms with E-state index in [0.717, 1.165) is 35.7 Å². The van der Waals surface area contributed by atoms with Crippen molar-refractivity contribution in [1.29, 1.82) is 0 Å². The predicted octanol–water partition coefficient (Wildman–Crippen LogP) is 2.60. The number of ether oxygens (including phenoxy) is 1. The topological polar surface area (TPSA) is 53.1 Å². The number of hydrogen-bond acceptors (Lipinski definition) is 3. The molecular formula is C14H18ClN3O. The van der Waals surface area contributed by atoms with Crippen molar-refractivity contribution >= 4 is 11.6 Å². The summed E-state index contributed by atoms with van der Waals surface area (Å²) in [4.78, 5) is 0. The lowest BCUT2D eigenvalue weighted by molar-refractivity contribution is 0.379. The first-order valence-corrected chi connectivity index (χ1v) is 6.69. The van der Waals surface area contributed by atoms with Crippen LogP contribution in [0.5, 0.6) is 5.88 Å². The number of aromatic nitrogens is 2. The Hall–Kier alpha value is -1.52. The molecule has 0 fully saturated rings. The molecule has 2 N–H and O–H groups in total. The quantitative estimate of drug-likeness (QED) is 0.915. The van der Waals surface area contributed by atoms with Gasteiger partial charge in [-0.15, -0.1) is 0 Å². The molecule has 0 amide bonds. The average Bonchev–Trinajstić information content (AvgIpc) is 2.77. The van der Waals surface area contributed by atoms with Crippen LogP contribution in [0.25, 0.3) is 5.69 Å². The van der Waals surface area contributed by atoms with Crippen molar-refractivity contribution in [3.8, 4) is 11.6 Å². The summed E-state index contributed by atoms with van der Waals surface area (Å²) in [7, 11) is 1.65.